The second-order valence-corrected chi connectivity index (χ2v) is 10.6. The van der Waals surface area contributed by atoms with Gasteiger partial charge >= 0.3 is 4.87 Å². The fourth-order valence-corrected chi connectivity index (χ4v) is 7.87. The van der Waals surface area contributed by atoms with E-state index in [1.807, 2.05) is 4.57 Å². The molecule has 0 aliphatic heterocycles. The standard InChI is InChI=1S/C23H31NOS/c1-2-3-4-7-24-20-6-5-16(11-21(20)26-22(24)25)12-23-13-17-8-18(14-23)10-19(9-17)15-23/h5-6,11,17-19H,2-4,7-10,12-15H2,1H3. The van der Waals surface area contributed by atoms with Crippen LogP contribution in [0.15, 0.2) is 23.0 Å². The van der Waals surface area contributed by atoms with E-state index in [4.69, 9.17) is 0 Å². The van der Waals surface area contributed by atoms with Gasteiger partial charge in [0.2, 0.25) is 0 Å². The Morgan fingerprint density at radius 2 is 1.77 bits per heavy atom. The van der Waals surface area contributed by atoms with E-state index < -0.39 is 0 Å². The summed E-state index contributed by atoms with van der Waals surface area (Å²) in [5.41, 5.74) is 3.21. The molecule has 4 bridgehead atoms. The molecule has 4 saturated carbocycles. The summed E-state index contributed by atoms with van der Waals surface area (Å²) in [6.45, 7) is 3.09. The van der Waals surface area contributed by atoms with Crippen LogP contribution in [0.4, 0.5) is 0 Å². The Bertz CT molecular complexity index is 825. The maximum absolute atomic E-state index is 12.4. The molecule has 0 radical (unpaired) electrons. The van der Waals surface area contributed by atoms with Crippen molar-refractivity contribution in [2.24, 2.45) is 23.2 Å². The molecule has 0 atom stereocenters. The molecule has 2 aromatic rings. The molecule has 4 aliphatic carbocycles. The van der Waals surface area contributed by atoms with Crippen molar-refractivity contribution in [3.63, 3.8) is 0 Å². The molecule has 140 valence electrons. The van der Waals surface area contributed by atoms with Gasteiger partial charge < -0.3 is 0 Å². The van der Waals surface area contributed by atoms with Gasteiger partial charge in [0.05, 0.1) is 10.2 Å². The number of hydrogen-bond donors (Lipinski definition) is 0. The molecular weight excluding hydrogens is 338 g/mol. The van der Waals surface area contributed by atoms with Gasteiger partial charge in [-0.25, -0.2) is 0 Å². The van der Waals surface area contributed by atoms with Crippen LogP contribution in [0, 0.1) is 23.2 Å². The van der Waals surface area contributed by atoms with Gasteiger partial charge in [-0.05, 0) is 92.2 Å². The number of nitrogens with zero attached hydrogens (tertiary/aromatic N) is 1. The SMILES string of the molecule is CCCCCn1c(=O)sc2cc(CC34CC5CC(CC(C5)C3)C4)ccc21. The summed E-state index contributed by atoms with van der Waals surface area (Å²) in [5, 5.41) is 0. The monoisotopic (exact) mass is 369 g/mol. The maximum Gasteiger partial charge on any atom is 0.308 e. The molecular formula is C23H31NOS. The Morgan fingerprint density at radius 1 is 1.08 bits per heavy atom. The van der Waals surface area contributed by atoms with Crippen LogP contribution in [0.25, 0.3) is 10.2 Å². The second-order valence-electron chi connectivity index (χ2n) is 9.62. The number of thiazole rings is 1. The number of hydrogen-bond acceptors (Lipinski definition) is 2. The summed E-state index contributed by atoms with van der Waals surface area (Å²) < 4.78 is 3.21. The maximum atomic E-state index is 12.4. The molecule has 0 amide bonds. The number of rotatable bonds is 6. The highest BCUT2D eigenvalue weighted by molar-refractivity contribution is 7.16. The number of unbranched alkanes of at least 4 members (excludes halogenated alkanes) is 2. The van der Waals surface area contributed by atoms with E-state index in [0.717, 1.165) is 36.2 Å². The van der Waals surface area contributed by atoms with E-state index >= 15 is 0 Å². The summed E-state index contributed by atoms with van der Waals surface area (Å²) in [4.78, 5) is 12.7. The topological polar surface area (TPSA) is 22.0 Å². The number of aryl methyl sites for hydroxylation is 1. The van der Waals surface area contributed by atoms with E-state index in [1.54, 1.807) is 0 Å². The average molecular weight is 370 g/mol. The average Bonchev–Trinajstić information content (AvgIpc) is 2.88. The number of benzene rings is 1. The van der Waals surface area contributed by atoms with Gasteiger partial charge in [-0.2, -0.15) is 0 Å². The molecule has 26 heavy (non-hydrogen) atoms. The molecule has 4 aliphatic rings. The third-order valence-electron chi connectivity index (χ3n) is 7.46. The lowest BCUT2D eigenvalue weighted by Crippen LogP contribution is -2.47. The van der Waals surface area contributed by atoms with Gasteiger partial charge in [0, 0.05) is 6.54 Å². The van der Waals surface area contributed by atoms with Crippen molar-refractivity contribution < 1.29 is 0 Å². The third-order valence-corrected chi connectivity index (χ3v) is 8.40. The summed E-state index contributed by atoms with van der Waals surface area (Å²) in [7, 11) is 0. The fraction of sp³-hybridized carbons (Fsp3) is 0.696. The van der Waals surface area contributed by atoms with Crippen LogP contribution < -0.4 is 4.87 Å². The van der Waals surface area contributed by atoms with E-state index in [9.17, 15) is 4.79 Å². The summed E-state index contributed by atoms with van der Waals surface area (Å²) >= 11 is 1.45. The molecule has 0 unspecified atom stereocenters. The predicted molar refractivity (Wildman–Crippen MR) is 110 cm³/mol. The van der Waals surface area contributed by atoms with Crippen molar-refractivity contribution in [3.8, 4) is 0 Å². The predicted octanol–water partition coefficient (Wildman–Crippen LogP) is 6.01. The molecule has 4 fully saturated rings. The highest BCUT2D eigenvalue weighted by atomic mass is 32.1. The van der Waals surface area contributed by atoms with Gasteiger partial charge in [0.15, 0.2) is 0 Å². The Hall–Kier alpha value is -1.09. The van der Waals surface area contributed by atoms with Crippen molar-refractivity contribution >= 4 is 21.6 Å². The Balaban J connectivity index is 1.39. The first-order valence-corrected chi connectivity index (χ1v) is 11.6. The lowest BCUT2D eigenvalue weighted by molar-refractivity contribution is -0.0521. The van der Waals surface area contributed by atoms with E-state index in [-0.39, 0.29) is 4.87 Å². The van der Waals surface area contributed by atoms with Crippen molar-refractivity contribution in [2.45, 2.75) is 77.7 Å². The quantitative estimate of drug-likeness (QED) is 0.571. The molecule has 0 spiro atoms. The first-order valence-electron chi connectivity index (χ1n) is 10.8. The van der Waals surface area contributed by atoms with Gasteiger partial charge in [-0.1, -0.05) is 37.2 Å². The minimum absolute atomic E-state index is 0.225. The summed E-state index contributed by atoms with van der Waals surface area (Å²) in [6, 6.07) is 6.90. The van der Waals surface area contributed by atoms with Crippen LogP contribution in [-0.2, 0) is 13.0 Å². The number of aromatic nitrogens is 1. The first kappa shape index (κ1) is 17.0. The molecule has 0 N–H and O–H groups in total. The van der Waals surface area contributed by atoms with Gasteiger partial charge in [-0.15, -0.1) is 0 Å². The van der Waals surface area contributed by atoms with Crippen LogP contribution in [0.1, 0.15) is 70.3 Å². The first-order chi connectivity index (χ1) is 12.6. The van der Waals surface area contributed by atoms with Crippen molar-refractivity contribution in [3.05, 3.63) is 33.4 Å². The molecule has 1 heterocycles. The van der Waals surface area contributed by atoms with Gasteiger partial charge in [0.1, 0.15) is 0 Å². The van der Waals surface area contributed by atoms with Gasteiger partial charge in [0.25, 0.3) is 0 Å². The van der Waals surface area contributed by atoms with Crippen molar-refractivity contribution in [1.82, 2.24) is 4.57 Å². The third kappa shape index (κ3) is 2.96. The Labute approximate surface area is 160 Å². The zero-order valence-corrected chi connectivity index (χ0v) is 16.8. The smallest absolute Gasteiger partial charge is 0.299 e. The minimum atomic E-state index is 0.225. The minimum Gasteiger partial charge on any atom is -0.299 e. The molecule has 2 nitrogen and oxygen atoms in total. The lowest BCUT2D eigenvalue weighted by atomic mass is 9.48. The van der Waals surface area contributed by atoms with E-state index in [0.29, 0.717) is 5.41 Å². The van der Waals surface area contributed by atoms with Crippen LogP contribution >= 0.6 is 11.3 Å². The zero-order valence-electron chi connectivity index (χ0n) is 16.0. The molecule has 1 aromatic heterocycles. The fourth-order valence-electron chi connectivity index (χ4n) is 6.89. The number of fused-ring (bicyclic) bond motifs is 1. The molecule has 0 saturated heterocycles. The van der Waals surface area contributed by atoms with Crippen LogP contribution in [0.2, 0.25) is 0 Å². The Morgan fingerprint density at radius 3 is 2.42 bits per heavy atom. The van der Waals surface area contributed by atoms with Gasteiger partial charge in [-0.3, -0.25) is 9.36 Å². The molecule has 6 rings (SSSR count). The summed E-state index contributed by atoms with van der Waals surface area (Å²) in [5.74, 6) is 3.04. The normalized spacial score (nSPS) is 32.6. The summed E-state index contributed by atoms with van der Waals surface area (Å²) in [6.07, 6.45) is 13.7. The van der Waals surface area contributed by atoms with Crippen molar-refractivity contribution in [1.29, 1.82) is 0 Å². The Kier molecular flexibility index (Phi) is 4.27. The largest absolute Gasteiger partial charge is 0.308 e. The van der Waals surface area contributed by atoms with Crippen LogP contribution in [-0.4, -0.2) is 4.57 Å². The second kappa shape index (κ2) is 6.51. The van der Waals surface area contributed by atoms with E-state index in [1.165, 1.54) is 79.4 Å². The van der Waals surface area contributed by atoms with Crippen LogP contribution in [0.3, 0.4) is 0 Å². The lowest BCUT2D eigenvalue weighted by Gasteiger charge is -2.57. The van der Waals surface area contributed by atoms with Crippen molar-refractivity contribution in [2.75, 3.05) is 0 Å². The highest BCUT2D eigenvalue weighted by Gasteiger charge is 2.50. The van der Waals surface area contributed by atoms with E-state index in [2.05, 4.69) is 25.1 Å². The highest BCUT2D eigenvalue weighted by Crippen LogP contribution is 2.61. The molecule has 1 aromatic carbocycles. The van der Waals surface area contributed by atoms with Crippen LogP contribution in [0.5, 0.6) is 0 Å². The molecule has 3 heteroatoms. The zero-order chi connectivity index (χ0) is 17.7.